The summed E-state index contributed by atoms with van der Waals surface area (Å²) in [4.78, 5) is 14.3. The van der Waals surface area contributed by atoms with Gasteiger partial charge in [-0.3, -0.25) is 4.79 Å². The number of nitrogens with one attached hydrogen (secondary N) is 1. The highest BCUT2D eigenvalue weighted by atomic mass is 35.5. The highest BCUT2D eigenvalue weighted by molar-refractivity contribution is 5.92. The third kappa shape index (κ3) is 3.98. The number of hydrogen-bond acceptors (Lipinski definition) is 4. The van der Waals surface area contributed by atoms with Crippen molar-refractivity contribution in [1.29, 1.82) is 0 Å². The first-order valence-electron chi connectivity index (χ1n) is 7.68. The Balaban J connectivity index is 0.00000161. The van der Waals surface area contributed by atoms with Crippen LogP contribution < -0.4 is 5.32 Å². The third-order valence-corrected chi connectivity index (χ3v) is 4.43. The molecule has 6 heteroatoms. The van der Waals surface area contributed by atoms with Gasteiger partial charge in [0, 0.05) is 25.1 Å². The molecule has 1 aliphatic carbocycles. The van der Waals surface area contributed by atoms with E-state index < -0.39 is 0 Å². The molecule has 21 heavy (non-hydrogen) atoms. The second-order valence-corrected chi connectivity index (χ2v) is 6.02. The Morgan fingerprint density at radius 1 is 1.38 bits per heavy atom. The fraction of sp³-hybridized carbons (Fsp3) is 0.733. The standard InChI is InChI=1S/C15H23N3O2.ClH/c1-16-7-4-11-5-8-18(9-6-11)15(19)13-10-14(20-17-13)12-2-3-12;/h10-12,16H,2-9H2,1H3;1H. The van der Waals surface area contributed by atoms with Crippen LogP contribution in [0.3, 0.4) is 0 Å². The van der Waals surface area contributed by atoms with Crippen LogP contribution in [0.5, 0.6) is 0 Å². The van der Waals surface area contributed by atoms with Crippen molar-refractivity contribution < 1.29 is 9.32 Å². The summed E-state index contributed by atoms with van der Waals surface area (Å²) in [5.74, 6) is 2.17. The lowest BCUT2D eigenvalue weighted by Gasteiger charge is -2.31. The largest absolute Gasteiger partial charge is 0.360 e. The number of carbonyl (C=O) groups is 1. The summed E-state index contributed by atoms with van der Waals surface area (Å²) in [6, 6.07) is 1.84. The van der Waals surface area contributed by atoms with Crippen LogP contribution >= 0.6 is 12.4 Å². The molecular weight excluding hydrogens is 290 g/mol. The summed E-state index contributed by atoms with van der Waals surface area (Å²) >= 11 is 0. The maximum absolute atomic E-state index is 12.4. The van der Waals surface area contributed by atoms with E-state index in [-0.39, 0.29) is 18.3 Å². The lowest BCUT2D eigenvalue weighted by molar-refractivity contribution is 0.0676. The number of halogens is 1. The second-order valence-electron chi connectivity index (χ2n) is 6.02. The summed E-state index contributed by atoms with van der Waals surface area (Å²) in [7, 11) is 1.99. The summed E-state index contributed by atoms with van der Waals surface area (Å²) in [5, 5.41) is 7.14. The van der Waals surface area contributed by atoms with Crippen molar-refractivity contribution in [1.82, 2.24) is 15.4 Å². The van der Waals surface area contributed by atoms with Gasteiger partial charge in [-0.15, -0.1) is 12.4 Å². The summed E-state index contributed by atoms with van der Waals surface area (Å²) < 4.78 is 5.27. The van der Waals surface area contributed by atoms with Crippen molar-refractivity contribution in [2.75, 3.05) is 26.7 Å². The number of nitrogens with zero attached hydrogens (tertiary/aromatic N) is 2. The predicted molar refractivity (Wildman–Crippen MR) is 82.9 cm³/mol. The van der Waals surface area contributed by atoms with E-state index in [1.807, 2.05) is 18.0 Å². The van der Waals surface area contributed by atoms with Gasteiger partial charge in [-0.25, -0.2) is 0 Å². The first-order chi connectivity index (χ1) is 9.78. The number of amides is 1. The fourth-order valence-corrected chi connectivity index (χ4v) is 2.89. The van der Waals surface area contributed by atoms with Crippen molar-refractivity contribution in [3.63, 3.8) is 0 Å². The average molecular weight is 314 g/mol. The molecule has 1 amide bonds. The van der Waals surface area contributed by atoms with E-state index in [0.29, 0.717) is 11.6 Å². The first-order valence-corrected chi connectivity index (χ1v) is 7.68. The van der Waals surface area contributed by atoms with Crippen LogP contribution in [0.25, 0.3) is 0 Å². The minimum Gasteiger partial charge on any atom is -0.360 e. The van der Waals surface area contributed by atoms with Crippen LogP contribution in [0, 0.1) is 5.92 Å². The summed E-state index contributed by atoms with van der Waals surface area (Å²) in [6.45, 7) is 2.75. The van der Waals surface area contributed by atoms with Crippen molar-refractivity contribution in [3.8, 4) is 0 Å². The molecule has 0 radical (unpaired) electrons. The van der Waals surface area contributed by atoms with Crippen LogP contribution in [0.4, 0.5) is 0 Å². The normalized spacial score (nSPS) is 19.4. The lowest BCUT2D eigenvalue weighted by Crippen LogP contribution is -2.39. The molecule has 2 fully saturated rings. The van der Waals surface area contributed by atoms with E-state index in [0.717, 1.165) is 44.2 Å². The van der Waals surface area contributed by atoms with Gasteiger partial charge in [0.05, 0.1) is 0 Å². The molecule has 1 N–H and O–H groups in total. The van der Waals surface area contributed by atoms with Gasteiger partial charge in [0.25, 0.3) is 5.91 Å². The molecule has 2 heterocycles. The maximum Gasteiger partial charge on any atom is 0.276 e. The third-order valence-electron chi connectivity index (χ3n) is 4.43. The molecule has 1 aromatic rings. The molecule has 2 aliphatic rings. The van der Waals surface area contributed by atoms with Crippen LogP contribution in [-0.4, -0.2) is 42.6 Å². The van der Waals surface area contributed by atoms with Gasteiger partial charge in [-0.1, -0.05) is 5.16 Å². The van der Waals surface area contributed by atoms with Crippen LogP contribution in [0.2, 0.25) is 0 Å². The van der Waals surface area contributed by atoms with Gasteiger partial charge in [-0.2, -0.15) is 0 Å². The van der Waals surface area contributed by atoms with Gasteiger partial charge in [0.2, 0.25) is 0 Å². The van der Waals surface area contributed by atoms with Gasteiger partial charge in [0.1, 0.15) is 5.76 Å². The number of piperidine rings is 1. The first kappa shape index (κ1) is 16.3. The summed E-state index contributed by atoms with van der Waals surface area (Å²) in [6.07, 6.45) is 5.73. The van der Waals surface area contributed by atoms with Gasteiger partial charge in [-0.05, 0) is 51.6 Å². The van der Waals surface area contributed by atoms with E-state index in [4.69, 9.17) is 4.52 Å². The minimum atomic E-state index is 0. The molecule has 1 saturated heterocycles. The Morgan fingerprint density at radius 3 is 2.71 bits per heavy atom. The zero-order valence-electron chi connectivity index (χ0n) is 12.5. The Bertz CT molecular complexity index is 465. The quantitative estimate of drug-likeness (QED) is 0.907. The Kier molecular flexibility index (Phi) is 5.65. The minimum absolute atomic E-state index is 0. The molecule has 1 aromatic heterocycles. The fourth-order valence-electron chi connectivity index (χ4n) is 2.89. The van der Waals surface area contributed by atoms with Crippen LogP contribution in [0.1, 0.15) is 54.3 Å². The van der Waals surface area contributed by atoms with Gasteiger partial charge >= 0.3 is 0 Å². The average Bonchev–Trinajstić information content (AvgIpc) is 3.22. The molecule has 3 rings (SSSR count). The highest BCUT2D eigenvalue weighted by Gasteiger charge is 2.30. The Morgan fingerprint density at radius 2 is 2.10 bits per heavy atom. The lowest BCUT2D eigenvalue weighted by atomic mass is 9.93. The van der Waals surface area contributed by atoms with E-state index >= 15 is 0 Å². The van der Waals surface area contributed by atoms with E-state index in [1.54, 1.807) is 0 Å². The van der Waals surface area contributed by atoms with Crippen LogP contribution in [-0.2, 0) is 0 Å². The van der Waals surface area contributed by atoms with E-state index in [2.05, 4.69) is 10.5 Å². The topological polar surface area (TPSA) is 58.4 Å². The van der Waals surface area contributed by atoms with Crippen molar-refractivity contribution in [3.05, 3.63) is 17.5 Å². The molecule has 1 saturated carbocycles. The number of likely N-dealkylation sites (tertiary alicyclic amines) is 1. The number of rotatable bonds is 5. The molecule has 118 valence electrons. The Hall–Kier alpha value is -1.07. The molecule has 0 aromatic carbocycles. The maximum atomic E-state index is 12.4. The van der Waals surface area contributed by atoms with Gasteiger partial charge in [0.15, 0.2) is 5.69 Å². The zero-order valence-corrected chi connectivity index (χ0v) is 13.3. The SMILES string of the molecule is CNCCC1CCN(C(=O)c2cc(C3CC3)on2)CC1.Cl. The Labute approximate surface area is 131 Å². The second kappa shape index (κ2) is 7.27. The molecule has 0 unspecified atom stereocenters. The monoisotopic (exact) mass is 313 g/mol. The molecule has 5 nitrogen and oxygen atoms in total. The van der Waals surface area contributed by atoms with E-state index in [9.17, 15) is 4.79 Å². The molecule has 0 spiro atoms. The van der Waals surface area contributed by atoms with Crippen molar-refractivity contribution in [2.24, 2.45) is 5.92 Å². The number of hydrogen-bond donors (Lipinski definition) is 1. The highest BCUT2D eigenvalue weighted by Crippen LogP contribution is 2.40. The smallest absolute Gasteiger partial charge is 0.276 e. The van der Waals surface area contributed by atoms with E-state index in [1.165, 1.54) is 19.3 Å². The predicted octanol–water partition coefficient (Wildman–Crippen LogP) is 2.44. The van der Waals surface area contributed by atoms with Gasteiger partial charge < -0.3 is 14.7 Å². The number of carbonyl (C=O) groups excluding carboxylic acids is 1. The van der Waals surface area contributed by atoms with Crippen molar-refractivity contribution in [2.45, 2.75) is 38.0 Å². The molecule has 0 atom stereocenters. The molecule has 0 bridgehead atoms. The summed E-state index contributed by atoms with van der Waals surface area (Å²) in [5.41, 5.74) is 0.487. The number of aromatic nitrogens is 1. The zero-order chi connectivity index (χ0) is 13.9. The molecular formula is C15H24ClN3O2. The molecule has 1 aliphatic heterocycles. The van der Waals surface area contributed by atoms with Crippen LogP contribution in [0.15, 0.2) is 10.6 Å². The van der Waals surface area contributed by atoms with Crippen molar-refractivity contribution >= 4 is 18.3 Å².